The van der Waals surface area contributed by atoms with E-state index in [1.54, 1.807) is 6.07 Å². The van der Waals surface area contributed by atoms with Crippen LogP contribution in [0.25, 0.3) is 0 Å². The zero-order valence-electron chi connectivity index (χ0n) is 16.7. The van der Waals surface area contributed by atoms with Gasteiger partial charge in [0.25, 0.3) is 5.91 Å². The number of rotatable bonds is 6. The number of anilines is 1. The van der Waals surface area contributed by atoms with Gasteiger partial charge in [-0.25, -0.2) is 4.79 Å². The molecule has 1 unspecified atom stereocenters. The molecule has 1 atom stereocenters. The SMILES string of the molecule is CCCC1(c2ccccc2)NC(=O)N(CC(=O)Nc2c(C)cc(C)cc2Cl)C1=O. The van der Waals surface area contributed by atoms with Crippen LogP contribution in [0.1, 0.15) is 36.5 Å². The Bertz CT molecular complexity index is 938. The van der Waals surface area contributed by atoms with Gasteiger partial charge in [-0.05, 0) is 43.0 Å². The van der Waals surface area contributed by atoms with E-state index < -0.39 is 23.4 Å². The van der Waals surface area contributed by atoms with Crippen molar-refractivity contribution in [1.29, 1.82) is 0 Å². The van der Waals surface area contributed by atoms with E-state index >= 15 is 0 Å². The van der Waals surface area contributed by atoms with Crippen LogP contribution in [-0.2, 0) is 15.1 Å². The zero-order chi connectivity index (χ0) is 21.2. The van der Waals surface area contributed by atoms with Crippen LogP contribution in [0.5, 0.6) is 0 Å². The van der Waals surface area contributed by atoms with Crippen molar-refractivity contribution in [3.63, 3.8) is 0 Å². The van der Waals surface area contributed by atoms with E-state index in [2.05, 4.69) is 10.6 Å². The van der Waals surface area contributed by atoms with Crippen LogP contribution in [0.15, 0.2) is 42.5 Å². The third kappa shape index (κ3) is 3.98. The molecule has 1 saturated heterocycles. The lowest BCUT2D eigenvalue weighted by Gasteiger charge is -2.26. The molecule has 0 radical (unpaired) electrons. The Morgan fingerprint density at radius 2 is 1.86 bits per heavy atom. The molecule has 2 aromatic carbocycles. The van der Waals surface area contributed by atoms with Crippen LogP contribution in [0.2, 0.25) is 5.02 Å². The molecule has 0 aliphatic carbocycles. The first-order valence-corrected chi connectivity index (χ1v) is 9.92. The van der Waals surface area contributed by atoms with Gasteiger partial charge in [-0.1, -0.05) is 61.3 Å². The molecule has 4 amide bonds. The van der Waals surface area contributed by atoms with Crippen LogP contribution in [0.4, 0.5) is 10.5 Å². The second kappa shape index (κ2) is 8.25. The predicted octanol–water partition coefficient (Wildman–Crippen LogP) is 4.14. The summed E-state index contributed by atoms with van der Waals surface area (Å²) in [6.07, 6.45) is 1.14. The summed E-state index contributed by atoms with van der Waals surface area (Å²) < 4.78 is 0. The summed E-state index contributed by atoms with van der Waals surface area (Å²) in [5, 5.41) is 5.96. The van der Waals surface area contributed by atoms with E-state index in [0.717, 1.165) is 16.0 Å². The molecule has 0 aromatic heterocycles. The number of carbonyl (C=O) groups is 3. The summed E-state index contributed by atoms with van der Waals surface area (Å²) in [5.41, 5.74) is 1.83. The van der Waals surface area contributed by atoms with E-state index in [9.17, 15) is 14.4 Å². The highest BCUT2D eigenvalue weighted by Gasteiger charge is 2.52. The first kappa shape index (κ1) is 20.9. The third-order valence-corrected chi connectivity index (χ3v) is 5.36. The van der Waals surface area contributed by atoms with Gasteiger partial charge in [0.1, 0.15) is 12.1 Å². The van der Waals surface area contributed by atoms with E-state index in [0.29, 0.717) is 29.1 Å². The van der Waals surface area contributed by atoms with E-state index in [4.69, 9.17) is 11.6 Å². The van der Waals surface area contributed by atoms with Gasteiger partial charge in [0.05, 0.1) is 10.7 Å². The first-order chi connectivity index (χ1) is 13.8. The van der Waals surface area contributed by atoms with Crippen LogP contribution in [-0.4, -0.2) is 29.3 Å². The molecule has 0 bridgehead atoms. The Balaban J connectivity index is 1.82. The third-order valence-electron chi connectivity index (χ3n) is 5.07. The van der Waals surface area contributed by atoms with Crippen molar-refractivity contribution in [1.82, 2.24) is 10.2 Å². The molecule has 1 aliphatic rings. The molecule has 152 valence electrons. The largest absolute Gasteiger partial charge is 0.325 e. The van der Waals surface area contributed by atoms with Crippen molar-refractivity contribution in [3.05, 3.63) is 64.2 Å². The van der Waals surface area contributed by atoms with Crippen LogP contribution >= 0.6 is 11.6 Å². The van der Waals surface area contributed by atoms with Gasteiger partial charge in [0.2, 0.25) is 5.91 Å². The van der Waals surface area contributed by atoms with Gasteiger partial charge >= 0.3 is 6.03 Å². The van der Waals surface area contributed by atoms with Crippen LogP contribution < -0.4 is 10.6 Å². The minimum atomic E-state index is -1.15. The maximum atomic E-state index is 13.2. The van der Waals surface area contributed by atoms with E-state index in [-0.39, 0.29) is 6.54 Å². The molecular formula is C22H24ClN3O3. The highest BCUT2D eigenvalue weighted by Crippen LogP contribution is 2.34. The number of nitrogens with one attached hydrogen (secondary N) is 2. The zero-order valence-corrected chi connectivity index (χ0v) is 17.5. The number of benzene rings is 2. The molecule has 1 heterocycles. The smallest absolute Gasteiger partial charge is 0.323 e. The molecule has 1 aliphatic heterocycles. The molecule has 3 rings (SSSR count). The van der Waals surface area contributed by atoms with Gasteiger partial charge in [0, 0.05) is 0 Å². The lowest BCUT2D eigenvalue weighted by atomic mass is 9.85. The number of urea groups is 1. The highest BCUT2D eigenvalue weighted by molar-refractivity contribution is 6.34. The fourth-order valence-electron chi connectivity index (χ4n) is 3.77. The quantitative estimate of drug-likeness (QED) is 0.698. The molecule has 7 heteroatoms. The molecule has 29 heavy (non-hydrogen) atoms. The number of aryl methyl sites for hydroxylation is 2. The Labute approximate surface area is 175 Å². The summed E-state index contributed by atoms with van der Waals surface area (Å²) in [6.45, 7) is 5.31. The second-order valence-electron chi connectivity index (χ2n) is 7.33. The lowest BCUT2D eigenvalue weighted by Crippen LogP contribution is -2.44. The van der Waals surface area contributed by atoms with E-state index in [1.165, 1.54) is 0 Å². The minimum absolute atomic E-state index is 0.382. The average molecular weight is 414 g/mol. The number of hydrogen-bond acceptors (Lipinski definition) is 3. The number of nitrogens with zero attached hydrogens (tertiary/aromatic N) is 1. The fraction of sp³-hybridized carbons (Fsp3) is 0.318. The first-order valence-electron chi connectivity index (χ1n) is 9.54. The van der Waals surface area contributed by atoms with Crippen LogP contribution in [0.3, 0.4) is 0 Å². The number of hydrogen-bond donors (Lipinski definition) is 2. The number of carbonyl (C=O) groups excluding carboxylic acids is 3. The van der Waals surface area contributed by atoms with Gasteiger partial charge in [-0.15, -0.1) is 0 Å². The summed E-state index contributed by atoms with van der Waals surface area (Å²) in [5.74, 6) is -0.903. The number of halogens is 1. The van der Waals surface area contributed by atoms with Crippen molar-refractivity contribution >= 4 is 35.1 Å². The Kier molecular flexibility index (Phi) is 5.94. The maximum absolute atomic E-state index is 13.2. The molecular weight excluding hydrogens is 390 g/mol. The topological polar surface area (TPSA) is 78.5 Å². The Morgan fingerprint density at radius 1 is 1.17 bits per heavy atom. The molecule has 0 spiro atoms. The summed E-state index contributed by atoms with van der Waals surface area (Å²) in [7, 11) is 0. The monoisotopic (exact) mass is 413 g/mol. The summed E-state index contributed by atoms with van der Waals surface area (Å²) in [6, 6.07) is 12.2. The summed E-state index contributed by atoms with van der Waals surface area (Å²) >= 11 is 6.24. The van der Waals surface area contributed by atoms with Crippen molar-refractivity contribution in [2.45, 2.75) is 39.2 Å². The van der Waals surface area contributed by atoms with Crippen molar-refractivity contribution < 1.29 is 14.4 Å². The Hall–Kier alpha value is -2.86. The fourth-order valence-corrected chi connectivity index (χ4v) is 4.14. The number of amides is 4. The van der Waals surface area contributed by atoms with E-state index in [1.807, 2.05) is 57.2 Å². The van der Waals surface area contributed by atoms with Crippen LogP contribution in [0, 0.1) is 13.8 Å². The average Bonchev–Trinajstić information content (AvgIpc) is 2.91. The van der Waals surface area contributed by atoms with Crippen molar-refractivity contribution in [2.75, 3.05) is 11.9 Å². The van der Waals surface area contributed by atoms with Gasteiger partial charge < -0.3 is 10.6 Å². The standard InChI is InChI=1S/C22H24ClN3O3/c1-4-10-22(16-8-6-5-7-9-16)20(28)26(21(29)25-22)13-18(27)24-19-15(3)11-14(2)12-17(19)23/h5-9,11-12H,4,10,13H2,1-3H3,(H,24,27)(H,25,29). The molecule has 0 saturated carbocycles. The second-order valence-corrected chi connectivity index (χ2v) is 7.74. The minimum Gasteiger partial charge on any atom is -0.323 e. The van der Waals surface area contributed by atoms with Gasteiger partial charge in [0.15, 0.2) is 0 Å². The molecule has 1 fully saturated rings. The maximum Gasteiger partial charge on any atom is 0.325 e. The molecule has 2 aromatic rings. The molecule has 2 N–H and O–H groups in total. The molecule has 6 nitrogen and oxygen atoms in total. The van der Waals surface area contributed by atoms with Crippen molar-refractivity contribution in [2.24, 2.45) is 0 Å². The lowest BCUT2D eigenvalue weighted by molar-refractivity contribution is -0.134. The Morgan fingerprint density at radius 3 is 2.48 bits per heavy atom. The predicted molar refractivity (Wildman–Crippen MR) is 113 cm³/mol. The van der Waals surface area contributed by atoms with Gasteiger partial charge in [-0.3, -0.25) is 14.5 Å². The number of imide groups is 1. The highest BCUT2D eigenvalue weighted by atomic mass is 35.5. The van der Waals surface area contributed by atoms with Crippen molar-refractivity contribution in [3.8, 4) is 0 Å². The normalized spacial score (nSPS) is 18.7. The van der Waals surface area contributed by atoms with Gasteiger partial charge in [-0.2, -0.15) is 0 Å². The summed E-state index contributed by atoms with van der Waals surface area (Å²) in [4.78, 5) is 39.4.